The molecule has 0 aliphatic carbocycles. The van der Waals surface area contributed by atoms with Crippen LogP contribution < -0.4 is 0 Å². The molecule has 2 aromatic rings. The summed E-state index contributed by atoms with van der Waals surface area (Å²) < 4.78 is 26.0. The quantitative estimate of drug-likeness (QED) is 0.695. The van der Waals surface area contributed by atoms with Gasteiger partial charge in [0.05, 0.1) is 0 Å². The Labute approximate surface area is 86.4 Å². The van der Waals surface area contributed by atoms with Crippen LogP contribution >= 0.6 is 0 Å². The molecule has 0 saturated carbocycles. The normalized spacial score (nSPS) is 10.3. The number of hydrogen-bond donors (Lipinski definition) is 0. The molecule has 1 heterocycles. The van der Waals surface area contributed by atoms with Crippen LogP contribution in [0.3, 0.4) is 0 Å². The smallest absolute Gasteiger partial charge is 0.133 e. The molecule has 0 radical (unpaired) electrons. The molecule has 1 aromatic carbocycles. The third kappa shape index (κ3) is 2.01. The average molecular weight is 205 g/mol. The molecule has 0 N–H and O–H groups in total. The molecule has 15 heavy (non-hydrogen) atoms. The molecule has 1 aromatic heterocycles. The minimum absolute atomic E-state index is 0.365. The zero-order valence-electron chi connectivity index (χ0n) is 8.17. The summed E-state index contributed by atoms with van der Waals surface area (Å²) in [5.41, 5.74) is 1.88. The minimum atomic E-state index is -0.573. The van der Waals surface area contributed by atoms with Gasteiger partial charge in [0.15, 0.2) is 0 Å². The summed E-state index contributed by atoms with van der Waals surface area (Å²) in [6.07, 6.45) is 1.58. The van der Waals surface area contributed by atoms with Crippen molar-refractivity contribution in [3.63, 3.8) is 0 Å². The van der Waals surface area contributed by atoms with Crippen molar-refractivity contribution >= 4 is 0 Å². The van der Waals surface area contributed by atoms with E-state index >= 15 is 0 Å². The Kier molecular flexibility index (Phi) is 2.46. The van der Waals surface area contributed by atoms with E-state index in [1.165, 1.54) is 12.1 Å². The van der Waals surface area contributed by atoms with Crippen LogP contribution in [-0.4, -0.2) is 4.98 Å². The molecule has 76 valence electrons. The van der Waals surface area contributed by atoms with Crippen molar-refractivity contribution < 1.29 is 8.78 Å². The molecule has 0 bridgehead atoms. The molecule has 0 atom stereocenters. The Bertz CT molecular complexity index is 477. The molecule has 3 heteroatoms. The number of rotatable bonds is 1. The number of aryl methyl sites for hydroxylation is 1. The summed E-state index contributed by atoms with van der Waals surface area (Å²) in [7, 11) is 0. The number of halogens is 2. The lowest BCUT2D eigenvalue weighted by atomic mass is 10.1. The lowest BCUT2D eigenvalue weighted by Crippen LogP contribution is -1.88. The van der Waals surface area contributed by atoms with Crippen molar-refractivity contribution in [1.29, 1.82) is 0 Å². The zero-order chi connectivity index (χ0) is 10.8. The lowest BCUT2D eigenvalue weighted by molar-refractivity contribution is 0.585. The van der Waals surface area contributed by atoms with Crippen LogP contribution in [0.2, 0.25) is 0 Å². The van der Waals surface area contributed by atoms with Gasteiger partial charge in [-0.15, -0.1) is 0 Å². The average Bonchev–Trinajstić information content (AvgIpc) is 2.20. The van der Waals surface area contributed by atoms with Gasteiger partial charge in [-0.2, -0.15) is 0 Å². The first-order valence-electron chi connectivity index (χ1n) is 4.55. The third-order valence-corrected chi connectivity index (χ3v) is 2.15. The lowest BCUT2D eigenvalue weighted by Gasteiger charge is -2.03. The van der Waals surface area contributed by atoms with Gasteiger partial charge in [0.2, 0.25) is 0 Å². The van der Waals surface area contributed by atoms with Gasteiger partial charge < -0.3 is 0 Å². The van der Waals surface area contributed by atoms with Crippen LogP contribution in [0.1, 0.15) is 5.69 Å². The Hall–Kier alpha value is -1.77. The second-order valence-electron chi connectivity index (χ2n) is 3.31. The van der Waals surface area contributed by atoms with E-state index in [4.69, 9.17) is 0 Å². The molecule has 0 amide bonds. The molecule has 0 spiro atoms. The molecule has 0 aliphatic heterocycles. The molecule has 0 fully saturated rings. The van der Waals surface area contributed by atoms with Crippen LogP contribution in [0.15, 0.2) is 36.5 Å². The molecule has 0 saturated heterocycles. The monoisotopic (exact) mass is 205 g/mol. The van der Waals surface area contributed by atoms with E-state index < -0.39 is 11.6 Å². The van der Waals surface area contributed by atoms with Gasteiger partial charge in [-0.3, -0.25) is 4.98 Å². The molecule has 2 rings (SSSR count). The first-order chi connectivity index (χ1) is 7.16. The van der Waals surface area contributed by atoms with E-state index in [2.05, 4.69) is 4.98 Å². The van der Waals surface area contributed by atoms with Crippen LogP contribution in [0.4, 0.5) is 8.78 Å². The van der Waals surface area contributed by atoms with Crippen LogP contribution in [0, 0.1) is 18.6 Å². The van der Waals surface area contributed by atoms with Gasteiger partial charge >= 0.3 is 0 Å². The second kappa shape index (κ2) is 3.77. The van der Waals surface area contributed by atoms with E-state index in [1.807, 2.05) is 6.92 Å². The topological polar surface area (TPSA) is 12.9 Å². The number of pyridine rings is 1. The van der Waals surface area contributed by atoms with Crippen molar-refractivity contribution in [2.45, 2.75) is 6.92 Å². The Morgan fingerprint density at radius 3 is 2.47 bits per heavy atom. The summed E-state index contributed by atoms with van der Waals surface area (Å²) in [4.78, 5) is 4.06. The Morgan fingerprint density at radius 2 is 1.87 bits per heavy atom. The maximum atomic E-state index is 13.4. The van der Waals surface area contributed by atoms with Crippen molar-refractivity contribution in [3.8, 4) is 11.1 Å². The third-order valence-electron chi connectivity index (χ3n) is 2.15. The summed E-state index contributed by atoms with van der Waals surface area (Å²) in [6.45, 7) is 1.85. The van der Waals surface area contributed by atoms with E-state index in [0.29, 0.717) is 11.1 Å². The van der Waals surface area contributed by atoms with Crippen molar-refractivity contribution in [2.24, 2.45) is 0 Å². The number of hydrogen-bond acceptors (Lipinski definition) is 1. The SMILES string of the molecule is Cc1ccc(-c2ccc(F)cc2F)cn1. The fraction of sp³-hybridized carbons (Fsp3) is 0.0833. The van der Waals surface area contributed by atoms with Crippen molar-refractivity contribution in [2.75, 3.05) is 0 Å². The van der Waals surface area contributed by atoms with Gasteiger partial charge in [0.1, 0.15) is 11.6 Å². The van der Waals surface area contributed by atoms with Gasteiger partial charge in [0, 0.05) is 29.1 Å². The summed E-state index contributed by atoms with van der Waals surface area (Å²) >= 11 is 0. The maximum absolute atomic E-state index is 13.4. The second-order valence-corrected chi connectivity index (χ2v) is 3.31. The highest BCUT2D eigenvalue weighted by molar-refractivity contribution is 5.63. The Morgan fingerprint density at radius 1 is 1.07 bits per heavy atom. The first kappa shape index (κ1) is 9.77. The molecule has 0 unspecified atom stereocenters. The highest BCUT2D eigenvalue weighted by Crippen LogP contribution is 2.22. The predicted octanol–water partition coefficient (Wildman–Crippen LogP) is 3.34. The predicted molar refractivity (Wildman–Crippen MR) is 54.3 cm³/mol. The van der Waals surface area contributed by atoms with Gasteiger partial charge in [0.25, 0.3) is 0 Å². The number of benzene rings is 1. The largest absolute Gasteiger partial charge is 0.261 e. The standard InChI is InChI=1S/C12H9F2N/c1-8-2-3-9(7-15-8)11-5-4-10(13)6-12(11)14/h2-7H,1H3. The van der Waals surface area contributed by atoms with Gasteiger partial charge in [-0.05, 0) is 25.1 Å². The summed E-state index contributed by atoms with van der Waals surface area (Å²) in [6, 6.07) is 7.07. The highest BCUT2D eigenvalue weighted by Gasteiger charge is 2.05. The van der Waals surface area contributed by atoms with E-state index in [-0.39, 0.29) is 0 Å². The zero-order valence-corrected chi connectivity index (χ0v) is 8.17. The number of aromatic nitrogens is 1. The van der Waals surface area contributed by atoms with E-state index in [9.17, 15) is 8.78 Å². The fourth-order valence-electron chi connectivity index (χ4n) is 1.35. The maximum Gasteiger partial charge on any atom is 0.133 e. The molecular formula is C12H9F2N. The molecular weight excluding hydrogens is 196 g/mol. The highest BCUT2D eigenvalue weighted by atomic mass is 19.1. The van der Waals surface area contributed by atoms with Crippen LogP contribution in [0.5, 0.6) is 0 Å². The summed E-state index contributed by atoms with van der Waals surface area (Å²) in [5, 5.41) is 0. The molecule has 0 aliphatic rings. The van der Waals surface area contributed by atoms with Gasteiger partial charge in [-0.1, -0.05) is 6.07 Å². The minimum Gasteiger partial charge on any atom is -0.261 e. The van der Waals surface area contributed by atoms with Crippen LogP contribution in [0.25, 0.3) is 11.1 Å². The summed E-state index contributed by atoms with van der Waals surface area (Å²) in [5.74, 6) is -1.14. The molecule has 1 nitrogen and oxygen atoms in total. The number of nitrogens with zero attached hydrogens (tertiary/aromatic N) is 1. The van der Waals surface area contributed by atoms with E-state index in [1.54, 1.807) is 18.3 Å². The van der Waals surface area contributed by atoms with Crippen LogP contribution in [-0.2, 0) is 0 Å². The van der Waals surface area contributed by atoms with E-state index in [0.717, 1.165) is 11.8 Å². The van der Waals surface area contributed by atoms with Crippen molar-refractivity contribution in [1.82, 2.24) is 4.98 Å². The first-order valence-corrected chi connectivity index (χ1v) is 4.55. The van der Waals surface area contributed by atoms with Gasteiger partial charge in [-0.25, -0.2) is 8.78 Å². The fourth-order valence-corrected chi connectivity index (χ4v) is 1.35. The van der Waals surface area contributed by atoms with Crippen molar-refractivity contribution in [3.05, 3.63) is 53.9 Å². The Balaban J connectivity index is 2.49.